The van der Waals surface area contributed by atoms with E-state index in [1.807, 2.05) is 7.05 Å². The number of likely N-dealkylation sites (N-methyl/N-ethyl adjacent to an activating group) is 1. The van der Waals surface area contributed by atoms with Crippen molar-refractivity contribution in [2.24, 2.45) is 0 Å². The van der Waals surface area contributed by atoms with E-state index in [1.54, 1.807) is 12.1 Å². The third-order valence-electron chi connectivity index (χ3n) is 3.75. The Bertz CT molecular complexity index is 456. The van der Waals surface area contributed by atoms with Crippen LogP contribution >= 0.6 is 11.6 Å². The Kier molecular flexibility index (Phi) is 5.41. The number of nitrogens with one attached hydrogen (secondary N) is 1. The average molecular weight is 282 g/mol. The fraction of sp³-hybridized carbons (Fsp3) is 0.500. The van der Waals surface area contributed by atoms with E-state index in [0.717, 1.165) is 12.8 Å². The topological polar surface area (TPSA) is 12.0 Å². The highest BCUT2D eigenvalue weighted by atomic mass is 35.5. The van der Waals surface area contributed by atoms with Crippen molar-refractivity contribution in [1.82, 2.24) is 5.32 Å². The standard InChI is InChI=1S/C16H21ClFN/c1-19-16(12-7-5-3-2-4-6-8-12)14-11-13(17)9-10-15(14)18/h7,9-11,16,19H,2-6,8H2,1H3/b12-7+. The molecule has 0 saturated heterocycles. The lowest BCUT2D eigenvalue weighted by atomic mass is 9.91. The molecule has 1 atom stereocenters. The van der Waals surface area contributed by atoms with Crippen molar-refractivity contribution in [2.75, 3.05) is 7.05 Å². The van der Waals surface area contributed by atoms with Gasteiger partial charge in [-0.1, -0.05) is 36.1 Å². The molecule has 1 aliphatic rings. The lowest BCUT2D eigenvalue weighted by Crippen LogP contribution is -2.20. The summed E-state index contributed by atoms with van der Waals surface area (Å²) in [5, 5.41) is 3.82. The summed E-state index contributed by atoms with van der Waals surface area (Å²) < 4.78 is 14.0. The van der Waals surface area contributed by atoms with Crippen LogP contribution in [0.5, 0.6) is 0 Å². The molecule has 0 saturated carbocycles. The van der Waals surface area contributed by atoms with E-state index >= 15 is 0 Å². The van der Waals surface area contributed by atoms with E-state index < -0.39 is 0 Å². The van der Waals surface area contributed by atoms with Crippen LogP contribution in [0.1, 0.15) is 50.1 Å². The van der Waals surface area contributed by atoms with Crippen LogP contribution in [0.3, 0.4) is 0 Å². The Labute approximate surface area is 119 Å². The number of allylic oxidation sites excluding steroid dienone is 1. The van der Waals surface area contributed by atoms with Gasteiger partial charge in [0.25, 0.3) is 0 Å². The quantitative estimate of drug-likeness (QED) is 0.767. The minimum atomic E-state index is -0.188. The Balaban J connectivity index is 2.29. The second-order valence-corrected chi connectivity index (χ2v) is 5.56. The molecule has 0 bridgehead atoms. The molecule has 0 heterocycles. The van der Waals surface area contributed by atoms with Crippen LogP contribution in [-0.4, -0.2) is 7.05 Å². The largest absolute Gasteiger partial charge is 0.310 e. The van der Waals surface area contributed by atoms with Gasteiger partial charge in [-0.3, -0.25) is 0 Å². The van der Waals surface area contributed by atoms with Gasteiger partial charge in [0.05, 0.1) is 6.04 Å². The fourth-order valence-electron chi connectivity index (χ4n) is 2.76. The Morgan fingerprint density at radius 3 is 2.79 bits per heavy atom. The number of hydrogen-bond acceptors (Lipinski definition) is 1. The van der Waals surface area contributed by atoms with Crippen molar-refractivity contribution in [1.29, 1.82) is 0 Å². The zero-order chi connectivity index (χ0) is 13.7. The first-order valence-corrected chi connectivity index (χ1v) is 7.41. The maximum absolute atomic E-state index is 14.0. The van der Waals surface area contributed by atoms with Gasteiger partial charge >= 0.3 is 0 Å². The van der Waals surface area contributed by atoms with Gasteiger partial charge in [-0.25, -0.2) is 4.39 Å². The molecule has 0 aliphatic heterocycles. The second kappa shape index (κ2) is 7.06. The number of halogens is 2. The van der Waals surface area contributed by atoms with E-state index in [-0.39, 0.29) is 11.9 Å². The third kappa shape index (κ3) is 3.80. The number of hydrogen-bond donors (Lipinski definition) is 1. The summed E-state index contributed by atoms with van der Waals surface area (Å²) in [5.74, 6) is -0.188. The van der Waals surface area contributed by atoms with Gasteiger partial charge in [-0.05, 0) is 50.9 Å². The Hall–Kier alpha value is -0.860. The van der Waals surface area contributed by atoms with Crippen molar-refractivity contribution in [3.63, 3.8) is 0 Å². The summed E-state index contributed by atoms with van der Waals surface area (Å²) in [6.45, 7) is 0. The van der Waals surface area contributed by atoms with Crippen molar-refractivity contribution in [3.05, 3.63) is 46.3 Å². The molecule has 1 nitrogen and oxygen atoms in total. The van der Waals surface area contributed by atoms with E-state index in [1.165, 1.54) is 37.3 Å². The monoisotopic (exact) mass is 281 g/mol. The molecule has 104 valence electrons. The van der Waals surface area contributed by atoms with Crippen LogP contribution in [0.2, 0.25) is 5.02 Å². The molecule has 0 spiro atoms. The van der Waals surface area contributed by atoms with E-state index in [2.05, 4.69) is 11.4 Å². The molecule has 0 radical (unpaired) electrons. The number of rotatable bonds is 3. The lowest BCUT2D eigenvalue weighted by Gasteiger charge is -2.23. The molecule has 1 aromatic carbocycles. The highest BCUT2D eigenvalue weighted by molar-refractivity contribution is 6.30. The Morgan fingerprint density at radius 1 is 1.21 bits per heavy atom. The lowest BCUT2D eigenvalue weighted by molar-refractivity contribution is 0.542. The molecule has 2 rings (SSSR count). The van der Waals surface area contributed by atoms with Gasteiger partial charge in [0.15, 0.2) is 0 Å². The van der Waals surface area contributed by atoms with Crippen LogP contribution in [0.25, 0.3) is 0 Å². The summed E-state index contributed by atoms with van der Waals surface area (Å²) in [5.41, 5.74) is 1.95. The van der Waals surface area contributed by atoms with Crippen molar-refractivity contribution < 1.29 is 4.39 Å². The minimum Gasteiger partial charge on any atom is -0.310 e. The first kappa shape index (κ1) is 14.5. The van der Waals surface area contributed by atoms with Crippen molar-refractivity contribution >= 4 is 11.6 Å². The molecule has 1 unspecified atom stereocenters. The summed E-state index contributed by atoms with van der Waals surface area (Å²) in [6, 6.07) is 4.72. The van der Waals surface area contributed by atoms with Crippen LogP contribution in [0.4, 0.5) is 4.39 Å². The van der Waals surface area contributed by atoms with E-state index in [9.17, 15) is 4.39 Å². The van der Waals surface area contributed by atoms with Crippen LogP contribution < -0.4 is 5.32 Å². The first-order valence-electron chi connectivity index (χ1n) is 7.03. The molecule has 0 aromatic heterocycles. The highest BCUT2D eigenvalue weighted by Gasteiger charge is 2.19. The molecule has 0 fully saturated rings. The minimum absolute atomic E-state index is 0.0585. The maximum atomic E-state index is 14.0. The van der Waals surface area contributed by atoms with Gasteiger partial charge in [0.1, 0.15) is 5.82 Å². The SMILES string of the molecule is CNC(/C1=C/CCCCCC1)c1cc(Cl)ccc1F. The fourth-order valence-corrected chi connectivity index (χ4v) is 2.94. The molecular weight excluding hydrogens is 261 g/mol. The molecular formula is C16H21ClFN. The normalized spacial score (nSPS) is 21.1. The van der Waals surface area contributed by atoms with Gasteiger partial charge < -0.3 is 5.32 Å². The third-order valence-corrected chi connectivity index (χ3v) is 3.99. The van der Waals surface area contributed by atoms with Gasteiger partial charge in [-0.15, -0.1) is 0 Å². The highest BCUT2D eigenvalue weighted by Crippen LogP contribution is 2.31. The average Bonchev–Trinajstić information content (AvgIpc) is 2.36. The van der Waals surface area contributed by atoms with E-state index in [4.69, 9.17) is 11.6 Å². The van der Waals surface area contributed by atoms with Crippen LogP contribution in [0, 0.1) is 5.82 Å². The molecule has 1 aliphatic carbocycles. The van der Waals surface area contributed by atoms with E-state index in [0.29, 0.717) is 10.6 Å². The molecule has 1 aromatic rings. The van der Waals surface area contributed by atoms with Crippen LogP contribution in [-0.2, 0) is 0 Å². The zero-order valence-corrected chi connectivity index (χ0v) is 12.1. The zero-order valence-electron chi connectivity index (χ0n) is 11.4. The number of benzene rings is 1. The molecule has 19 heavy (non-hydrogen) atoms. The molecule has 0 amide bonds. The van der Waals surface area contributed by atoms with Gasteiger partial charge in [-0.2, -0.15) is 0 Å². The first-order chi connectivity index (χ1) is 9.22. The smallest absolute Gasteiger partial charge is 0.128 e. The maximum Gasteiger partial charge on any atom is 0.128 e. The summed E-state index contributed by atoms with van der Waals surface area (Å²) in [4.78, 5) is 0. The van der Waals surface area contributed by atoms with Crippen LogP contribution in [0.15, 0.2) is 29.8 Å². The predicted octanol–water partition coefficient (Wildman–Crippen LogP) is 5.02. The summed E-state index contributed by atoms with van der Waals surface area (Å²) >= 11 is 6.00. The second-order valence-electron chi connectivity index (χ2n) is 5.12. The summed E-state index contributed by atoms with van der Waals surface area (Å²) in [7, 11) is 1.88. The summed E-state index contributed by atoms with van der Waals surface area (Å²) in [6.07, 6.45) is 9.41. The van der Waals surface area contributed by atoms with Crippen molar-refractivity contribution in [2.45, 2.75) is 44.6 Å². The Morgan fingerprint density at radius 2 is 2.00 bits per heavy atom. The molecule has 1 N–H and O–H groups in total. The van der Waals surface area contributed by atoms with Crippen molar-refractivity contribution in [3.8, 4) is 0 Å². The van der Waals surface area contributed by atoms with Gasteiger partial charge in [0.2, 0.25) is 0 Å². The predicted molar refractivity (Wildman–Crippen MR) is 79.0 cm³/mol. The molecule has 3 heteroatoms. The van der Waals surface area contributed by atoms with Gasteiger partial charge in [0, 0.05) is 10.6 Å².